The molecule has 0 atom stereocenters. The summed E-state index contributed by atoms with van der Waals surface area (Å²) in [5, 5.41) is 3.96. The van der Waals surface area contributed by atoms with E-state index < -0.39 is 0 Å². The lowest BCUT2D eigenvalue weighted by Gasteiger charge is -2.34. The summed E-state index contributed by atoms with van der Waals surface area (Å²) in [6, 6.07) is 5.52. The van der Waals surface area contributed by atoms with Gasteiger partial charge < -0.3 is 10.2 Å². The predicted octanol–water partition coefficient (Wildman–Crippen LogP) is 3.84. The number of benzene rings is 1. The van der Waals surface area contributed by atoms with Gasteiger partial charge in [-0.05, 0) is 63.9 Å². The maximum atomic E-state index is 12.1. The second-order valence-electron chi connectivity index (χ2n) is 5.94. The van der Waals surface area contributed by atoms with Crippen molar-refractivity contribution in [2.75, 3.05) is 19.6 Å². The van der Waals surface area contributed by atoms with Gasteiger partial charge in [-0.3, -0.25) is 4.79 Å². The number of amides is 1. The van der Waals surface area contributed by atoms with Crippen LogP contribution in [0.5, 0.6) is 0 Å². The van der Waals surface area contributed by atoms with Crippen molar-refractivity contribution in [2.45, 2.75) is 32.7 Å². The third kappa shape index (κ3) is 4.87. The molecule has 0 aromatic heterocycles. The lowest BCUT2D eigenvalue weighted by atomic mass is 9.96. The van der Waals surface area contributed by atoms with Crippen molar-refractivity contribution < 1.29 is 4.79 Å². The standard InChI is InChI=1S/C16H22Cl2N2O/c1-11(2)20-5-3-12(4-6-20)10-19-16(21)13-7-14(17)9-15(18)8-13/h7-9,11-12H,3-6,10H2,1-2H3,(H,19,21). The van der Waals surface area contributed by atoms with E-state index in [1.165, 1.54) is 0 Å². The molecule has 1 N–H and O–H groups in total. The summed E-state index contributed by atoms with van der Waals surface area (Å²) in [5.74, 6) is 0.448. The highest BCUT2D eigenvalue weighted by molar-refractivity contribution is 6.35. The van der Waals surface area contributed by atoms with Gasteiger partial charge >= 0.3 is 0 Å². The number of halogens is 2. The Hall–Kier alpha value is -0.770. The molecule has 1 heterocycles. The van der Waals surface area contributed by atoms with Crippen molar-refractivity contribution >= 4 is 29.1 Å². The molecule has 0 spiro atoms. The highest BCUT2D eigenvalue weighted by Gasteiger charge is 2.21. The van der Waals surface area contributed by atoms with Gasteiger partial charge in [0.25, 0.3) is 5.91 Å². The molecule has 0 bridgehead atoms. The van der Waals surface area contributed by atoms with Gasteiger partial charge in [-0.25, -0.2) is 0 Å². The van der Waals surface area contributed by atoms with E-state index in [9.17, 15) is 4.79 Å². The van der Waals surface area contributed by atoms with Gasteiger partial charge in [-0.15, -0.1) is 0 Å². The minimum atomic E-state index is -0.106. The summed E-state index contributed by atoms with van der Waals surface area (Å²) in [4.78, 5) is 14.6. The Morgan fingerprint density at radius 3 is 2.33 bits per heavy atom. The molecule has 0 saturated carbocycles. The van der Waals surface area contributed by atoms with Crippen LogP contribution in [0.4, 0.5) is 0 Å². The van der Waals surface area contributed by atoms with Crippen LogP contribution in [0.2, 0.25) is 10.0 Å². The number of piperidine rings is 1. The first kappa shape index (κ1) is 16.6. The Balaban J connectivity index is 1.82. The van der Waals surface area contributed by atoms with Crippen LogP contribution in [-0.2, 0) is 0 Å². The predicted molar refractivity (Wildman–Crippen MR) is 88.2 cm³/mol. The molecule has 2 rings (SSSR count). The van der Waals surface area contributed by atoms with E-state index in [0.717, 1.165) is 32.5 Å². The summed E-state index contributed by atoms with van der Waals surface area (Å²) >= 11 is 11.8. The van der Waals surface area contributed by atoms with Crippen LogP contribution >= 0.6 is 23.2 Å². The zero-order chi connectivity index (χ0) is 15.4. The van der Waals surface area contributed by atoms with E-state index in [2.05, 4.69) is 24.1 Å². The number of nitrogens with zero attached hydrogens (tertiary/aromatic N) is 1. The maximum absolute atomic E-state index is 12.1. The van der Waals surface area contributed by atoms with E-state index >= 15 is 0 Å². The quantitative estimate of drug-likeness (QED) is 0.910. The van der Waals surface area contributed by atoms with Gasteiger partial charge in [-0.1, -0.05) is 23.2 Å². The molecule has 1 aliphatic heterocycles. The molecule has 0 radical (unpaired) electrons. The van der Waals surface area contributed by atoms with Crippen molar-refractivity contribution in [1.29, 1.82) is 0 Å². The van der Waals surface area contributed by atoms with Crippen LogP contribution in [-0.4, -0.2) is 36.5 Å². The van der Waals surface area contributed by atoms with Crippen LogP contribution in [0.1, 0.15) is 37.0 Å². The third-order valence-electron chi connectivity index (χ3n) is 4.06. The highest BCUT2D eigenvalue weighted by Crippen LogP contribution is 2.20. The molecule has 1 saturated heterocycles. The van der Waals surface area contributed by atoms with Crippen LogP contribution in [0.3, 0.4) is 0 Å². The average molecular weight is 329 g/mol. The van der Waals surface area contributed by atoms with Crippen molar-refractivity contribution in [2.24, 2.45) is 5.92 Å². The lowest BCUT2D eigenvalue weighted by molar-refractivity contribution is 0.0929. The van der Waals surface area contributed by atoms with Crippen molar-refractivity contribution in [3.05, 3.63) is 33.8 Å². The fourth-order valence-electron chi connectivity index (χ4n) is 2.70. The van der Waals surface area contributed by atoms with Gasteiger partial charge in [0.1, 0.15) is 0 Å². The largest absolute Gasteiger partial charge is 0.352 e. The molecule has 1 aliphatic rings. The van der Waals surface area contributed by atoms with Gasteiger partial charge in [-0.2, -0.15) is 0 Å². The van der Waals surface area contributed by atoms with Gasteiger partial charge in [0, 0.05) is 28.2 Å². The molecular formula is C16H22Cl2N2O. The number of carbonyl (C=O) groups excluding carboxylic acids is 1. The van der Waals surface area contributed by atoms with Crippen molar-refractivity contribution in [3.63, 3.8) is 0 Å². The Morgan fingerprint density at radius 2 is 1.81 bits per heavy atom. The summed E-state index contributed by atoms with van der Waals surface area (Å²) < 4.78 is 0. The van der Waals surface area contributed by atoms with E-state index in [1.807, 2.05) is 0 Å². The van der Waals surface area contributed by atoms with Crippen LogP contribution in [0, 0.1) is 5.92 Å². The summed E-state index contributed by atoms with van der Waals surface area (Å²) in [5.41, 5.74) is 0.520. The first-order valence-corrected chi connectivity index (χ1v) is 8.19. The lowest BCUT2D eigenvalue weighted by Crippen LogP contribution is -2.41. The molecule has 5 heteroatoms. The number of rotatable bonds is 4. The summed E-state index contributed by atoms with van der Waals surface area (Å²) in [6.45, 7) is 7.40. The second-order valence-corrected chi connectivity index (χ2v) is 6.81. The van der Waals surface area contributed by atoms with Crippen molar-refractivity contribution in [3.8, 4) is 0 Å². The van der Waals surface area contributed by atoms with E-state index in [0.29, 0.717) is 27.6 Å². The first-order valence-electron chi connectivity index (χ1n) is 7.44. The molecule has 1 aromatic carbocycles. The highest BCUT2D eigenvalue weighted by atomic mass is 35.5. The fourth-order valence-corrected chi connectivity index (χ4v) is 3.22. The Bertz CT molecular complexity index is 477. The average Bonchev–Trinajstić information content (AvgIpc) is 2.44. The second kappa shape index (κ2) is 7.48. The molecule has 21 heavy (non-hydrogen) atoms. The minimum absolute atomic E-state index is 0.106. The number of carbonyl (C=O) groups is 1. The Kier molecular flexibility index (Phi) is 5.91. The van der Waals surface area contributed by atoms with Crippen molar-refractivity contribution in [1.82, 2.24) is 10.2 Å². The number of hydrogen-bond donors (Lipinski definition) is 1. The molecule has 3 nitrogen and oxygen atoms in total. The molecule has 1 fully saturated rings. The zero-order valence-corrected chi connectivity index (χ0v) is 14.0. The minimum Gasteiger partial charge on any atom is -0.352 e. The van der Waals surface area contributed by atoms with E-state index in [-0.39, 0.29) is 5.91 Å². The molecule has 1 amide bonds. The number of likely N-dealkylation sites (tertiary alicyclic amines) is 1. The van der Waals surface area contributed by atoms with Crippen LogP contribution < -0.4 is 5.32 Å². The Morgan fingerprint density at radius 1 is 1.24 bits per heavy atom. The topological polar surface area (TPSA) is 32.3 Å². The normalized spacial score (nSPS) is 17.2. The Labute approximate surface area is 136 Å². The van der Waals surface area contributed by atoms with Gasteiger partial charge in [0.2, 0.25) is 0 Å². The number of nitrogens with one attached hydrogen (secondary N) is 1. The van der Waals surface area contributed by atoms with Gasteiger partial charge in [0.05, 0.1) is 0 Å². The number of hydrogen-bond acceptors (Lipinski definition) is 2. The van der Waals surface area contributed by atoms with Crippen LogP contribution in [0.15, 0.2) is 18.2 Å². The third-order valence-corrected chi connectivity index (χ3v) is 4.49. The smallest absolute Gasteiger partial charge is 0.251 e. The summed E-state index contributed by atoms with van der Waals surface area (Å²) in [6.07, 6.45) is 2.27. The van der Waals surface area contributed by atoms with E-state index in [4.69, 9.17) is 23.2 Å². The molecule has 1 aromatic rings. The maximum Gasteiger partial charge on any atom is 0.251 e. The fraction of sp³-hybridized carbons (Fsp3) is 0.562. The monoisotopic (exact) mass is 328 g/mol. The summed E-state index contributed by atoms with van der Waals surface area (Å²) in [7, 11) is 0. The van der Waals surface area contributed by atoms with E-state index in [1.54, 1.807) is 18.2 Å². The molecule has 116 valence electrons. The molecule has 0 aliphatic carbocycles. The van der Waals surface area contributed by atoms with Gasteiger partial charge in [0.15, 0.2) is 0 Å². The SMILES string of the molecule is CC(C)N1CCC(CNC(=O)c2cc(Cl)cc(Cl)c2)CC1. The zero-order valence-electron chi connectivity index (χ0n) is 12.5. The molecular weight excluding hydrogens is 307 g/mol. The first-order chi connectivity index (χ1) is 9.95. The molecule has 0 unspecified atom stereocenters. The van der Waals surface area contributed by atoms with Crippen LogP contribution in [0.25, 0.3) is 0 Å².